The van der Waals surface area contributed by atoms with Crippen molar-refractivity contribution in [2.75, 3.05) is 13.2 Å². The van der Waals surface area contributed by atoms with Gasteiger partial charge < -0.3 is 19.5 Å². The zero-order chi connectivity index (χ0) is 17.1. The van der Waals surface area contributed by atoms with Crippen LogP contribution in [0.1, 0.15) is 30.3 Å². The smallest absolute Gasteiger partial charge is 0.325 e. The van der Waals surface area contributed by atoms with Crippen molar-refractivity contribution in [1.82, 2.24) is 19.8 Å². The summed E-state index contributed by atoms with van der Waals surface area (Å²) in [6, 6.07) is 7.60. The molecule has 1 aliphatic rings. The highest BCUT2D eigenvalue weighted by Gasteiger charge is 2.41. The second-order valence-corrected chi connectivity index (χ2v) is 6.06. The number of rotatable bonds is 5. The van der Waals surface area contributed by atoms with Crippen LogP contribution in [0.5, 0.6) is 0 Å². The molecule has 2 aromatic heterocycles. The monoisotopic (exact) mass is 344 g/mol. The molecule has 0 saturated carbocycles. The number of aryl methyl sites for hydroxylation is 1. The number of nitrogens with one attached hydrogen (secondary N) is 1. The van der Waals surface area contributed by atoms with Crippen LogP contribution < -0.4 is 5.32 Å². The lowest BCUT2D eigenvalue weighted by Gasteiger charge is -2.26. The molecule has 24 heavy (non-hydrogen) atoms. The molecule has 1 fully saturated rings. The van der Waals surface area contributed by atoms with Crippen molar-refractivity contribution >= 4 is 23.3 Å². The van der Waals surface area contributed by atoms with E-state index in [4.69, 9.17) is 17.0 Å². The standard InChI is InChI=1S/C17H20N4O2S/c1-3-23-14(22)11-21-16(12-7-9-20(2)10-12)15(19-17(21)24)13-6-4-5-8-18-13/h4-10,15-16H,3,11H2,1-2H3,(H,19,24). The molecule has 0 bridgehead atoms. The van der Waals surface area contributed by atoms with Crippen molar-refractivity contribution in [3.05, 3.63) is 54.1 Å². The molecule has 0 spiro atoms. The van der Waals surface area contributed by atoms with Gasteiger partial charge in [0.15, 0.2) is 5.11 Å². The molecule has 2 atom stereocenters. The summed E-state index contributed by atoms with van der Waals surface area (Å²) in [5, 5.41) is 3.84. The van der Waals surface area contributed by atoms with Crippen LogP contribution in [0.2, 0.25) is 0 Å². The summed E-state index contributed by atoms with van der Waals surface area (Å²) >= 11 is 5.48. The van der Waals surface area contributed by atoms with E-state index in [0.717, 1.165) is 11.3 Å². The highest BCUT2D eigenvalue weighted by molar-refractivity contribution is 7.80. The van der Waals surface area contributed by atoms with Gasteiger partial charge in [0, 0.05) is 25.6 Å². The molecule has 0 aliphatic carbocycles. The molecule has 3 heterocycles. The van der Waals surface area contributed by atoms with Crippen molar-refractivity contribution in [2.24, 2.45) is 7.05 Å². The third-order valence-corrected chi connectivity index (χ3v) is 4.35. The van der Waals surface area contributed by atoms with E-state index in [2.05, 4.69) is 10.3 Å². The number of pyridine rings is 1. The molecule has 1 saturated heterocycles. The highest BCUT2D eigenvalue weighted by Crippen LogP contribution is 2.38. The largest absolute Gasteiger partial charge is 0.465 e. The van der Waals surface area contributed by atoms with Crippen LogP contribution in [-0.4, -0.2) is 38.7 Å². The highest BCUT2D eigenvalue weighted by atomic mass is 32.1. The molecule has 7 heteroatoms. The van der Waals surface area contributed by atoms with Gasteiger partial charge >= 0.3 is 5.97 Å². The summed E-state index contributed by atoms with van der Waals surface area (Å²) < 4.78 is 7.07. The molecule has 0 amide bonds. The van der Waals surface area contributed by atoms with Gasteiger partial charge in [-0.05, 0) is 42.9 Å². The first kappa shape index (κ1) is 16.4. The Bertz CT molecular complexity index is 731. The molecule has 2 unspecified atom stereocenters. The van der Waals surface area contributed by atoms with E-state index in [-0.39, 0.29) is 24.6 Å². The van der Waals surface area contributed by atoms with Crippen molar-refractivity contribution in [1.29, 1.82) is 0 Å². The van der Waals surface area contributed by atoms with Crippen molar-refractivity contribution in [2.45, 2.75) is 19.0 Å². The molecule has 1 aliphatic heterocycles. The normalized spacial score (nSPS) is 20.1. The maximum Gasteiger partial charge on any atom is 0.325 e. The number of esters is 1. The van der Waals surface area contributed by atoms with Gasteiger partial charge in [-0.2, -0.15) is 0 Å². The molecule has 126 valence electrons. The van der Waals surface area contributed by atoms with E-state index >= 15 is 0 Å². The lowest BCUT2D eigenvalue weighted by molar-refractivity contribution is -0.143. The lowest BCUT2D eigenvalue weighted by Crippen LogP contribution is -2.35. The Morgan fingerprint density at radius 3 is 2.88 bits per heavy atom. The maximum atomic E-state index is 12.0. The predicted molar refractivity (Wildman–Crippen MR) is 94.2 cm³/mol. The Morgan fingerprint density at radius 1 is 1.42 bits per heavy atom. The molecule has 3 rings (SSSR count). The molecule has 6 nitrogen and oxygen atoms in total. The van der Waals surface area contributed by atoms with E-state index in [1.54, 1.807) is 13.1 Å². The van der Waals surface area contributed by atoms with Gasteiger partial charge in [-0.3, -0.25) is 9.78 Å². The lowest BCUT2D eigenvalue weighted by atomic mass is 9.99. The Hall–Kier alpha value is -2.41. The number of thiocarbonyl (C=S) groups is 1. The average molecular weight is 344 g/mol. The average Bonchev–Trinajstić information content (AvgIpc) is 3.13. The van der Waals surface area contributed by atoms with Gasteiger partial charge in [0.2, 0.25) is 0 Å². The fourth-order valence-electron chi connectivity index (χ4n) is 2.98. The fraction of sp³-hybridized carbons (Fsp3) is 0.353. The molecule has 0 aromatic carbocycles. The van der Waals surface area contributed by atoms with E-state index in [9.17, 15) is 4.79 Å². The first-order valence-electron chi connectivity index (χ1n) is 7.85. The number of carbonyl (C=O) groups is 1. The van der Waals surface area contributed by atoms with E-state index in [1.165, 1.54) is 0 Å². The van der Waals surface area contributed by atoms with Crippen LogP contribution in [0.25, 0.3) is 0 Å². The van der Waals surface area contributed by atoms with Gasteiger partial charge in [0.05, 0.1) is 24.4 Å². The Balaban J connectivity index is 1.95. The minimum atomic E-state index is -0.288. The van der Waals surface area contributed by atoms with Crippen LogP contribution >= 0.6 is 12.2 Å². The van der Waals surface area contributed by atoms with Gasteiger partial charge in [0.1, 0.15) is 6.54 Å². The third-order valence-electron chi connectivity index (χ3n) is 4.00. The fourth-order valence-corrected chi connectivity index (χ4v) is 3.29. The Kier molecular flexibility index (Phi) is 4.80. The first-order chi connectivity index (χ1) is 11.6. The Labute approximate surface area is 146 Å². The predicted octanol–water partition coefficient (Wildman–Crippen LogP) is 1.96. The molecular weight excluding hydrogens is 324 g/mol. The van der Waals surface area contributed by atoms with Crippen molar-refractivity contribution < 1.29 is 9.53 Å². The molecule has 1 N–H and O–H groups in total. The maximum absolute atomic E-state index is 12.0. The van der Waals surface area contributed by atoms with Crippen molar-refractivity contribution in [3.8, 4) is 0 Å². The van der Waals surface area contributed by atoms with Gasteiger partial charge in [0.25, 0.3) is 0 Å². The summed E-state index contributed by atoms with van der Waals surface area (Å²) in [6.45, 7) is 2.26. The van der Waals surface area contributed by atoms with Crippen LogP contribution in [0.3, 0.4) is 0 Å². The molecular formula is C17H20N4O2S. The van der Waals surface area contributed by atoms with Crippen LogP contribution in [-0.2, 0) is 16.6 Å². The van der Waals surface area contributed by atoms with Crippen LogP contribution in [0, 0.1) is 0 Å². The van der Waals surface area contributed by atoms with E-state index < -0.39 is 0 Å². The third kappa shape index (κ3) is 3.26. The summed E-state index contributed by atoms with van der Waals surface area (Å²) in [5.41, 5.74) is 1.96. The molecule has 2 aromatic rings. The zero-order valence-electron chi connectivity index (χ0n) is 13.7. The number of hydrogen-bond acceptors (Lipinski definition) is 4. The SMILES string of the molecule is CCOC(=O)CN1C(=S)NC(c2ccccn2)C1c1ccn(C)c1. The first-order valence-corrected chi connectivity index (χ1v) is 8.26. The quantitative estimate of drug-likeness (QED) is 0.661. The van der Waals surface area contributed by atoms with Gasteiger partial charge in [-0.25, -0.2) is 0 Å². The van der Waals surface area contributed by atoms with E-state index in [1.807, 2.05) is 53.2 Å². The summed E-state index contributed by atoms with van der Waals surface area (Å²) in [5.74, 6) is -0.288. The number of carbonyl (C=O) groups excluding carboxylic acids is 1. The minimum Gasteiger partial charge on any atom is -0.465 e. The molecule has 0 radical (unpaired) electrons. The topological polar surface area (TPSA) is 59.4 Å². The Morgan fingerprint density at radius 2 is 2.25 bits per heavy atom. The van der Waals surface area contributed by atoms with E-state index in [0.29, 0.717) is 11.7 Å². The second-order valence-electron chi connectivity index (χ2n) is 5.67. The summed E-state index contributed by atoms with van der Waals surface area (Å²) in [6.07, 6.45) is 5.78. The summed E-state index contributed by atoms with van der Waals surface area (Å²) in [7, 11) is 1.97. The second kappa shape index (κ2) is 7.00. The number of aromatic nitrogens is 2. The van der Waals surface area contributed by atoms with Crippen molar-refractivity contribution in [3.63, 3.8) is 0 Å². The van der Waals surface area contributed by atoms with Gasteiger partial charge in [-0.15, -0.1) is 0 Å². The number of nitrogens with zero attached hydrogens (tertiary/aromatic N) is 3. The van der Waals surface area contributed by atoms with Crippen LogP contribution in [0.4, 0.5) is 0 Å². The zero-order valence-corrected chi connectivity index (χ0v) is 14.5. The van der Waals surface area contributed by atoms with Crippen LogP contribution in [0.15, 0.2) is 42.9 Å². The summed E-state index contributed by atoms with van der Waals surface area (Å²) in [4.78, 5) is 18.3. The minimum absolute atomic E-state index is 0.113. The van der Waals surface area contributed by atoms with Gasteiger partial charge in [-0.1, -0.05) is 6.07 Å². The number of ether oxygens (including phenoxy) is 1. The number of hydrogen-bond donors (Lipinski definition) is 1.